The van der Waals surface area contributed by atoms with Gasteiger partial charge in [0.15, 0.2) is 0 Å². The highest BCUT2D eigenvalue weighted by atomic mass is 19.4. The van der Waals surface area contributed by atoms with Crippen LogP contribution in [0.25, 0.3) is 21.7 Å². The van der Waals surface area contributed by atoms with Crippen molar-refractivity contribution in [1.82, 2.24) is 9.55 Å². The van der Waals surface area contributed by atoms with Crippen LogP contribution < -0.4 is 16.0 Å². The highest BCUT2D eigenvalue weighted by Crippen LogP contribution is 2.27. The van der Waals surface area contributed by atoms with Gasteiger partial charge in [0.25, 0.3) is 5.56 Å². The number of aromatic nitrogens is 2. The largest absolute Gasteiger partial charge is 0.492 e. The third-order valence-electron chi connectivity index (χ3n) is 4.24. The Labute approximate surface area is 160 Å². The van der Waals surface area contributed by atoms with Crippen LogP contribution in [0.3, 0.4) is 0 Å². The van der Waals surface area contributed by atoms with E-state index in [-0.39, 0.29) is 12.2 Å². The van der Waals surface area contributed by atoms with Crippen molar-refractivity contribution in [2.45, 2.75) is 39.4 Å². The van der Waals surface area contributed by atoms with Crippen molar-refractivity contribution in [3.05, 3.63) is 46.5 Å². The highest BCUT2D eigenvalue weighted by molar-refractivity contribution is 6.06. The van der Waals surface area contributed by atoms with Gasteiger partial charge in [-0.05, 0) is 30.5 Å². The number of benzene rings is 1. The average Bonchev–Trinajstić information content (AvgIpc) is 2.64. The van der Waals surface area contributed by atoms with E-state index in [2.05, 4.69) is 4.98 Å². The number of hydrogen-bond acceptors (Lipinski definition) is 4. The number of ether oxygens (including phenoxy) is 1. The smallest absolute Gasteiger partial charge is 0.390 e. The minimum atomic E-state index is -4.33. The molecule has 2 N–H and O–H groups in total. The number of fused-ring (bicyclic) bond motifs is 3. The molecule has 1 atom stereocenters. The quantitative estimate of drug-likeness (QED) is 0.676. The molecule has 2 heterocycles. The van der Waals surface area contributed by atoms with E-state index in [1.807, 2.05) is 13.8 Å². The van der Waals surface area contributed by atoms with E-state index >= 15 is 0 Å². The molecule has 152 valence electrons. The van der Waals surface area contributed by atoms with Crippen LogP contribution in [0, 0.1) is 6.92 Å². The van der Waals surface area contributed by atoms with Gasteiger partial charge in [-0.25, -0.2) is 0 Å². The molecule has 0 aliphatic heterocycles. The molecule has 0 aliphatic rings. The first-order chi connectivity index (χ1) is 13.2. The average molecular weight is 395 g/mol. The second kappa shape index (κ2) is 8.60. The van der Waals surface area contributed by atoms with Gasteiger partial charge in [-0.3, -0.25) is 9.78 Å². The second-order valence-corrected chi connectivity index (χ2v) is 6.25. The first-order valence-electron chi connectivity index (χ1n) is 9.00. The van der Waals surface area contributed by atoms with Crippen molar-refractivity contribution >= 4 is 21.7 Å². The number of halogens is 3. The molecule has 8 heteroatoms. The van der Waals surface area contributed by atoms with E-state index in [1.54, 1.807) is 44.4 Å². The van der Waals surface area contributed by atoms with Gasteiger partial charge in [-0.15, -0.1) is 0 Å². The Morgan fingerprint density at radius 1 is 1.21 bits per heavy atom. The molecule has 1 unspecified atom stereocenters. The highest BCUT2D eigenvalue weighted by Gasteiger charge is 2.30. The summed E-state index contributed by atoms with van der Waals surface area (Å²) in [5, 5.41) is 2.15. The number of pyridine rings is 2. The van der Waals surface area contributed by atoms with E-state index in [9.17, 15) is 18.0 Å². The van der Waals surface area contributed by atoms with Gasteiger partial charge in [0.2, 0.25) is 0 Å². The van der Waals surface area contributed by atoms with Crippen LogP contribution in [0.5, 0.6) is 5.75 Å². The van der Waals surface area contributed by atoms with Crippen molar-refractivity contribution < 1.29 is 17.9 Å². The first-order valence-corrected chi connectivity index (χ1v) is 9.00. The lowest BCUT2D eigenvalue weighted by Gasteiger charge is -2.16. The molecule has 3 aromatic rings. The van der Waals surface area contributed by atoms with Gasteiger partial charge >= 0.3 is 6.18 Å². The minimum Gasteiger partial charge on any atom is -0.492 e. The van der Waals surface area contributed by atoms with Crippen molar-refractivity contribution in [3.8, 4) is 5.75 Å². The fourth-order valence-corrected chi connectivity index (χ4v) is 3.00. The van der Waals surface area contributed by atoms with Crippen molar-refractivity contribution in [1.29, 1.82) is 0 Å². The molecule has 28 heavy (non-hydrogen) atoms. The minimum absolute atomic E-state index is 0.191. The van der Waals surface area contributed by atoms with Crippen LogP contribution in [0.4, 0.5) is 13.2 Å². The lowest BCUT2D eigenvalue weighted by atomic mass is 10.1. The standard InChI is InChI=1S/C18H18F3N3O2.C2H6/c1-10-16-14(5-6-23-10)13-4-3-12(7-15(13)24(2)17(16)25)26-9-11(22)8-18(19,20)21;1-2/h3-7,11H,8-9,22H2,1-2H3;1-2H3. The summed E-state index contributed by atoms with van der Waals surface area (Å²) in [5.41, 5.74) is 6.53. The Morgan fingerprint density at radius 2 is 1.89 bits per heavy atom. The topological polar surface area (TPSA) is 70.1 Å². The Hall–Kier alpha value is -2.61. The lowest BCUT2D eigenvalue weighted by molar-refractivity contribution is -0.139. The van der Waals surface area contributed by atoms with Crippen molar-refractivity contribution in [3.63, 3.8) is 0 Å². The predicted molar refractivity (Wildman–Crippen MR) is 105 cm³/mol. The molecule has 0 spiro atoms. The van der Waals surface area contributed by atoms with Gasteiger partial charge in [0.05, 0.1) is 23.0 Å². The number of nitrogens with zero attached hydrogens (tertiary/aromatic N) is 2. The van der Waals surface area contributed by atoms with Gasteiger partial charge < -0.3 is 15.0 Å². The van der Waals surface area contributed by atoms with Crippen LogP contribution in [-0.4, -0.2) is 28.4 Å². The van der Waals surface area contributed by atoms with Crippen molar-refractivity contribution in [2.24, 2.45) is 12.8 Å². The third kappa shape index (κ3) is 4.62. The zero-order valence-corrected chi connectivity index (χ0v) is 16.3. The molecule has 0 radical (unpaired) electrons. The Bertz CT molecular complexity index is 1030. The van der Waals surface area contributed by atoms with E-state index in [0.717, 1.165) is 10.8 Å². The molecule has 0 fully saturated rings. The first kappa shape index (κ1) is 21.7. The van der Waals surface area contributed by atoms with Crippen molar-refractivity contribution in [2.75, 3.05) is 6.61 Å². The second-order valence-electron chi connectivity index (χ2n) is 6.25. The fourth-order valence-electron chi connectivity index (χ4n) is 3.00. The molecular formula is C20H24F3N3O2. The summed E-state index contributed by atoms with van der Waals surface area (Å²) >= 11 is 0. The Morgan fingerprint density at radius 3 is 2.54 bits per heavy atom. The molecule has 0 amide bonds. The third-order valence-corrected chi connectivity index (χ3v) is 4.24. The van der Waals surface area contributed by atoms with E-state index in [1.165, 1.54) is 4.57 Å². The maximum absolute atomic E-state index is 12.6. The number of aryl methyl sites for hydroxylation is 2. The molecule has 1 aromatic carbocycles. The van der Waals surface area contributed by atoms with Gasteiger partial charge in [0, 0.05) is 30.7 Å². The van der Waals surface area contributed by atoms with Gasteiger partial charge in [0.1, 0.15) is 12.4 Å². The zero-order chi connectivity index (χ0) is 21.1. The summed E-state index contributed by atoms with van der Waals surface area (Å²) in [6.07, 6.45) is -3.81. The summed E-state index contributed by atoms with van der Waals surface area (Å²) < 4.78 is 43.9. The maximum atomic E-state index is 12.6. The molecule has 0 bridgehead atoms. The Balaban J connectivity index is 0.00000136. The molecule has 2 aromatic heterocycles. The number of alkyl halides is 3. The Kier molecular flexibility index (Phi) is 6.66. The van der Waals surface area contributed by atoms with Crippen LogP contribution in [0.2, 0.25) is 0 Å². The van der Waals surface area contributed by atoms with Gasteiger partial charge in [-0.1, -0.05) is 13.8 Å². The SMILES string of the molecule is CC.Cc1nccc2c1c(=O)n(C)c1cc(OCC(N)CC(F)(F)F)ccc21. The van der Waals surface area contributed by atoms with E-state index in [4.69, 9.17) is 10.5 Å². The van der Waals surface area contributed by atoms with Crippen LogP contribution in [0.1, 0.15) is 26.0 Å². The summed E-state index contributed by atoms with van der Waals surface area (Å²) in [7, 11) is 1.63. The van der Waals surface area contributed by atoms with Crippen LogP contribution in [-0.2, 0) is 7.05 Å². The maximum Gasteiger partial charge on any atom is 0.390 e. The molecular weight excluding hydrogens is 371 g/mol. The number of nitrogens with two attached hydrogens (primary N) is 1. The molecule has 0 saturated carbocycles. The lowest BCUT2D eigenvalue weighted by Crippen LogP contribution is -2.33. The summed E-state index contributed by atoms with van der Waals surface area (Å²) in [6.45, 7) is 5.50. The summed E-state index contributed by atoms with van der Waals surface area (Å²) in [6, 6.07) is 5.68. The number of hydrogen-bond donors (Lipinski definition) is 1. The van der Waals surface area contributed by atoms with Crippen LogP contribution in [0.15, 0.2) is 35.3 Å². The summed E-state index contributed by atoms with van der Waals surface area (Å²) in [4.78, 5) is 16.8. The van der Waals surface area contributed by atoms with E-state index in [0.29, 0.717) is 22.3 Å². The molecule has 5 nitrogen and oxygen atoms in total. The van der Waals surface area contributed by atoms with E-state index < -0.39 is 18.6 Å². The molecule has 0 saturated heterocycles. The summed E-state index contributed by atoms with van der Waals surface area (Å²) in [5.74, 6) is 0.357. The van der Waals surface area contributed by atoms with Crippen LogP contribution >= 0.6 is 0 Å². The number of rotatable bonds is 4. The predicted octanol–water partition coefficient (Wildman–Crippen LogP) is 4.08. The molecule has 3 rings (SSSR count). The zero-order valence-electron chi connectivity index (χ0n) is 16.3. The monoisotopic (exact) mass is 395 g/mol. The molecule has 0 aliphatic carbocycles. The van der Waals surface area contributed by atoms with Gasteiger partial charge in [-0.2, -0.15) is 13.2 Å². The fraction of sp³-hybridized carbons (Fsp3) is 0.400. The normalized spacial score (nSPS) is 12.6.